The molecule has 1 nitrogen and oxygen atoms in total. The van der Waals surface area contributed by atoms with Crippen molar-refractivity contribution in [2.45, 2.75) is 18.8 Å². The van der Waals surface area contributed by atoms with Gasteiger partial charge in [-0.25, -0.2) is 0 Å². The lowest BCUT2D eigenvalue weighted by Gasteiger charge is -2.34. The Labute approximate surface area is 148 Å². The molecule has 0 amide bonds. The summed E-state index contributed by atoms with van der Waals surface area (Å²) in [4.78, 5) is 1.37. The zero-order valence-corrected chi connectivity index (χ0v) is 14.9. The smallest absolute Gasteiger partial charge is 0.0342 e. The first-order valence-corrected chi connectivity index (χ1v) is 9.61. The molecule has 0 bridgehead atoms. The zero-order valence-electron chi connectivity index (χ0n) is 14.0. The molecule has 1 N–H and O–H groups in total. The molecule has 0 radical (unpaired) electrons. The highest BCUT2D eigenvalue weighted by molar-refractivity contribution is 7.13. The van der Waals surface area contributed by atoms with Crippen LogP contribution in [0, 0.1) is 5.92 Å². The van der Waals surface area contributed by atoms with Gasteiger partial charge in [-0.1, -0.05) is 54.6 Å². The van der Waals surface area contributed by atoms with E-state index in [-0.39, 0.29) is 0 Å². The van der Waals surface area contributed by atoms with Crippen LogP contribution in [-0.4, -0.2) is 13.6 Å². The molecule has 0 spiro atoms. The first-order valence-electron chi connectivity index (χ1n) is 8.73. The van der Waals surface area contributed by atoms with E-state index in [1.54, 1.807) is 0 Å². The summed E-state index contributed by atoms with van der Waals surface area (Å²) in [5, 5.41) is 5.56. The number of benzene rings is 2. The molecule has 4 rings (SSSR count). The molecule has 0 aliphatic heterocycles. The average Bonchev–Trinajstić information content (AvgIpc) is 3.17. The van der Waals surface area contributed by atoms with E-state index in [1.807, 2.05) is 11.3 Å². The van der Waals surface area contributed by atoms with Crippen LogP contribution in [0.2, 0.25) is 0 Å². The van der Waals surface area contributed by atoms with Gasteiger partial charge in [0.1, 0.15) is 0 Å². The summed E-state index contributed by atoms with van der Waals surface area (Å²) in [6.45, 7) is 1.08. The highest BCUT2D eigenvalue weighted by Crippen LogP contribution is 2.42. The fourth-order valence-electron chi connectivity index (χ4n) is 4.08. The van der Waals surface area contributed by atoms with Gasteiger partial charge in [0, 0.05) is 10.8 Å². The van der Waals surface area contributed by atoms with E-state index >= 15 is 0 Å². The highest BCUT2D eigenvalue weighted by Gasteiger charge is 2.30. The fraction of sp³-hybridized carbons (Fsp3) is 0.273. The van der Waals surface area contributed by atoms with E-state index in [9.17, 15) is 0 Å². The minimum atomic E-state index is 0.500. The van der Waals surface area contributed by atoms with Crippen molar-refractivity contribution in [3.05, 3.63) is 82.7 Å². The molecule has 1 aliphatic carbocycles. The van der Waals surface area contributed by atoms with Crippen LogP contribution in [0.1, 0.15) is 29.0 Å². The van der Waals surface area contributed by atoms with Crippen molar-refractivity contribution in [2.24, 2.45) is 5.92 Å². The normalized spacial score (nSPS) is 19.9. The first-order chi connectivity index (χ1) is 11.9. The summed E-state index contributed by atoms with van der Waals surface area (Å²) in [7, 11) is 2.07. The molecular weight excluding hydrogens is 310 g/mol. The van der Waals surface area contributed by atoms with Gasteiger partial charge in [-0.05, 0) is 66.1 Å². The molecule has 0 unspecified atom stereocenters. The maximum absolute atomic E-state index is 3.40. The van der Waals surface area contributed by atoms with Crippen LogP contribution in [0.25, 0.3) is 10.4 Å². The molecule has 2 heteroatoms. The Morgan fingerprint density at radius 1 is 1.04 bits per heavy atom. The fourth-order valence-corrected chi connectivity index (χ4v) is 4.80. The molecule has 0 saturated heterocycles. The van der Waals surface area contributed by atoms with Gasteiger partial charge in [0.2, 0.25) is 0 Å². The van der Waals surface area contributed by atoms with Crippen molar-refractivity contribution >= 4 is 11.3 Å². The van der Waals surface area contributed by atoms with E-state index in [0.717, 1.165) is 6.54 Å². The second-order valence-corrected chi connectivity index (χ2v) is 7.58. The van der Waals surface area contributed by atoms with Gasteiger partial charge in [0.15, 0.2) is 0 Å². The van der Waals surface area contributed by atoms with E-state index in [1.165, 1.54) is 40.0 Å². The third-order valence-electron chi connectivity index (χ3n) is 5.16. The van der Waals surface area contributed by atoms with E-state index in [4.69, 9.17) is 0 Å². The topological polar surface area (TPSA) is 12.0 Å². The molecule has 1 heterocycles. The number of fused-ring (bicyclic) bond motifs is 1. The van der Waals surface area contributed by atoms with Crippen molar-refractivity contribution in [1.82, 2.24) is 5.32 Å². The van der Waals surface area contributed by atoms with Crippen molar-refractivity contribution in [3.8, 4) is 10.4 Å². The third kappa shape index (κ3) is 2.92. The summed E-state index contributed by atoms with van der Waals surface area (Å²) in [5.41, 5.74) is 5.86. The lowest BCUT2D eigenvalue weighted by Crippen LogP contribution is -2.29. The summed E-state index contributed by atoms with van der Waals surface area (Å²) < 4.78 is 0. The van der Waals surface area contributed by atoms with Gasteiger partial charge in [-0.2, -0.15) is 0 Å². The van der Waals surface area contributed by atoms with Crippen LogP contribution < -0.4 is 5.32 Å². The summed E-state index contributed by atoms with van der Waals surface area (Å²) >= 11 is 1.82. The molecular formula is C22H23NS. The number of aryl methyl sites for hydroxylation is 1. The maximum atomic E-state index is 3.40. The Kier molecular flexibility index (Phi) is 4.50. The van der Waals surface area contributed by atoms with E-state index in [2.05, 4.69) is 78.4 Å². The second-order valence-electron chi connectivity index (χ2n) is 6.64. The van der Waals surface area contributed by atoms with Crippen molar-refractivity contribution in [2.75, 3.05) is 13.6 Å². The van der Waals surface area contributed by atoms with Crippen LogP contribution in [-0.2, 0) is 6.42 Å². The predicted molar refractivity (Wildman–Crippen MR) is 104 cm³/mol. The lowest BCUT2D eigenvalue weighted by molar-refractivity contribution is 0.396. The van der Waals surface area contributed by atoms with E-state index < -0.39 is 0 Å². The third-order valence-corrected chi connectivity index (χ3v) is 6.08. The van der Waals surface area contributed by atoms with Crippen LogP contribution in [0.4, 0.5) is 0 Å². The highest BCUT2D eigenvalue weighted by atomic mass is 32.1. The molecule has 3 aromatic rings. The molecule has 0 fully saturated rings. The summed E-state index contributed by atoms with van der Waals surface area (Å²) in [5.74, 6) is 1.16. The van der Waals surface area contributed by atoms with Crippen LogP contribution in [0.3, 0.4) is 0 Å². The molecule has 0 saturated carbocycles. The minimum absolute atomic E-state index is 0.500. The Hall–Kier alpha value is -1.90. The number of nitrogens with one attached hydrogen (secondary N) is 1. The predicted octanol–water partition coefficient (Wildman–Crippen LogP) is 5.33. The molecule has 1 aromatic heterocycles. The number of rotatable bonds is 4. The van der Waals surface area contributed by atoms with Gasteiger partial charge in [-0.3, -0.25) is 0 Å². The van der Waals surface area contributed by atoms with Crippen LogP contribution >= 0.6 is 11.3 Å². The molecule has 122 valence electrons. The van der Waals surface area contributed by atoms with Crippen molar-refractivity contribution in [3.63, 3.8) is 0 Å². The number of thiophene rings is 1. The quantitative estimate of drug-likeness (QED) is 0.680. The van der Waals surface area contributed by atoms with E-state index in [0.29, 0.717) is 11.8 Å². The maximum Gasteiger partial charge on any atom is 0.0342 e. The minimum Gasteiger partial charge on any atom is -0.319 e. The Bertz CT molecular complexity index is 792. The average molecular weight is 334 g/mol. The van der Waals surface area contributed by atoms with Gasteiger partial charge < -0.3 is 5.32 Å². The Morgan fingerprint density at radius 2 is 1.92 bits per heavy atom. The summed E-state index contributed by atoms with van der Waals surface area (Å²) in [6.07, 6.45) is 2.44. The van der Waals surface area contributed by atoms with Gasteiger partial charge in [0.05, 0.1) is 0 Å². The standard InChI is InChI=1S/C22H23NS/c1-23-15-19-10-9-17-14-18(21-8-5-13-24-21)11-12-20(17)22(19)16-6-3-2-4-7-16/h2-8,11-14,19,22-23H,9-10,15H2,1H3/t19-,22+/m0/s1. The van der Waals surface area contributed by atoms with Gasteiger partial charge in [0.25, 0.3) is 0 Å². The van der Waals surface area contributed by atoms with Crippen molar-refractivity contribution in [1.29, 1.82) is 0 Å². The Morgan fingerprint density at radius 3 is 2.67 bits per heavy atom. The summed E-state index contributed by atoms with van der Waals surface area (Å²) in [6, 6.07) is 22.5. The van der Waals surface area contributed by atoms with Gasteiger partial charge >= 0.3 is 0 Å². The monoisotopic (exact) mass is 333 g/mol. The lowest BCUT2D eigenvalue weighted by atomic mass is 9.71. The molecule has 1 aliphatic rings. The largest absolute Gasteiger partial charge is 0.319 e. The van der Waals surface area contributed by atoms with Crippen LogP contribution in [0.15, 0.2) is 66.0 Å². The number of hydrogen-bond acceptors (Lipinski definition) is 2. The number of hydrogen-bond donors (Lipinski definition) is 1. The van der Waals surface area contributed by atoms with Crippen LogP contribution in [0.5, 0.6) is 0 Å². The molecule has 2 aromatic carbocycles. The first kappa shape index (κ1) is 15.6. The van der Waals surface area contributed by atoms with Crippen molar-refractivity contribution < 1.29 is 0 Å². The molecule has 24 heavy (non-hydrogen) atoms. The molecule has 2 atom stereocenters. The second kappa shape index (κ2) is 6.92. The Balaban J connectivity index is 1.77. The zero-order chi connectivity index (χ0) is 16.4. The van der Waals surface area contributed by atoms with Gasteiger partial charge in [-0.15, -0.1) is 11.3 Å². The SMILES string of the molecule is CNC[C@@H]1CCc2cc(-c3cccs3)ccc2[C@@H]1c1ccccc1.